The molecule has 3 rings (SSSR count). The number of nitrogens with two attached hydrogens (primary N) is 1. The van der Waals surface area contributed by atoms with Crippen molar-refractivity contribution in [2.75, 3.05) is 12.8 Å². The standard InChI is InChI=1S/C17H16N2O3/c1-21-16-4-2-3-5-17(16)22-10-12-9-15(20)13-8-11(18)6-7-14(13)19-12/h2-9H,10,18H2,1H3,(H,19,20). The highest BCUT2D eigenvalue weighted by atomic mass is 16.5. The molecule has 0 saturated heterocycles. The first-order valence-electron chi connectivity index (χ1n) is 6.84. The fraction of sp³-hybridized carbons (Fsp3) is 0.118. The fourth-order valence-electron chi connectivity index (χ4n) is 2.29. The summed E-state index contributed by atoms with van der Waals surface area (Å²) >= 11 is 0. The minimum absolute atomic E-state index is 0.0836. The number of hydrogen-bond donors (Lipinski definition) is 2. The molecule has 2 aromatic carbocycles. The first kappa shape index (κ1) is 14.0. The van der Waals surface area contributed by atoms with E-state index in [1.54, 1.807) is 25.3 Å². The van der Waals surface area contributed by atoms with Gasteiger partial charge < -0.3 is 20.2 Å². The maximum atomic E-state index is 12.1. The van der Waals surface area contributed by atoms with Crippen LogP contribution in [0.5, 0.6) is 11.5 Å². The van der Waals surface area contributed by atoms with Crippen LogP contribution >= 0.6 is 0 Å². The molecule has 0 amide bonds. The van der Waals surface area contributed by atoms with Crippen molar-refractivity contribution in [3.8, 4) is 11.5 Å². The Kier molecular flexibility index (Phi) is 3.70. The molecule has 0 unspecified atom stereocenters. The number of benzene rings is 2. The summed E-state index contributed by atoms with van der Waals surface area (Å²) in [6, 6.07) is 14.1. The van der Waals surface area contributed by atoms with Crippen LogP contribution in [0, 0.1) is 0 Å². The Morgan fingerprint density at radius 3 is 2.64 bits per heavy atom. The number of rotatable bonds is 4. The molecule has 0 aliphatic rings. The largest absolute Gasteiger partial charge is 0.493 e. The second-order valence-electron chi connectivity index (χ2n) is 4.90. The van der Waals surface area contributed by atoms with Gasteiger partial charge in [0.1, 0.15) is 6.61 Å². The zero-order valence-electron chi connectivity index (χ0n) is 12.1. The number of anilines is 1. The maximum absolute atomic E-state index is 12.1. The monoisotopic (exact) mass is 296 g/mol. The Morgan fingerprint density at radius 2 is 1.86 bits per heavy atom. The molecule has 0 fully saturated rings. The van der Waals surface area contributed by atoms with Gasteiger partial charge in [-0.25, -0.2) is 0 Å². The van der Waals surface area contributed by atoms with Crippen LogP contribution in [0.2, 0.25) is 0 Å². The van der Waals surface area contributed by atoms with Gasteiger partial charge in [-0.15, -0.1) is 0 Å². The molecule has 1 aromatic heterocycles. The SMILES string of the molecule is COc1ccccc1OCc1cc(=O)c2cc(N)ccc2[nH]1. The number of methoxy groups -OCH3 is 1. The predicted molar refractivity (Wildman–Crippen MR) is 86.3 cm³/mol. The van der Waals surface area contributed by atoms with Gasteiger partial charge in [0.05, 0.1) is 12.8 Å². The summed E-state index contributed by atoms with van der Waals surface area (Å²) < 4.78 is 11.0. The second-order valence-corrected chi connectivity index (χ2v) is 4.90. The Hall–Kier alpha value is -2.95. The Bertz CT molecular complexity index is 871. The lowest BCUT2D eigenvalue weighted by molar-refractivity contribution is 0.281. The second kappa shape index (κ2) is 5.81. The van der Waals surface area contributed by atoms with Crippen LogP contribution in [0.3, 0.4) is 0 Å². The van der Waals surface area contributed by atoms with Crippen LogP contribution in [-0.4, -0.2) is 12.1 Å². The van der Waals surface area contributed by atoms with Crippen molar-refractivity contribution in [3.05, 3.63) is 64.4 Å². The Labute approximate surface area is 127 Å². The first-order chi connectivity index (χ1) is 10.7. The molecule has 5 nitrogen and oxygen atoms in total. The van der Waals surface area contributed by atoms with Crippen LogP contribution in [0.15, 0.2) is 53.3 Å². The van der Waals surface area contributed by atoms with Gasteiger partial charge in [-0.05, 0) is 30.3 Å². The zero-order valence-corrected chi connectivity index (χ0v) is 12.1. The molecule has 0 aliphatic heterocycles. The highest BCUT2D eigenvalue weighted by molar-refractivity contribution is 5.81. The van der Waals surface area contributed by atoms with E-state index < -0.39 is 0 Å². The Morgan fingerprint density at radius 1 is 1.09 bits per heavy atom. The van der Waals surface area contributed by atoms with Crippen LogP contribution < -0.4 is 20.6 Å². The van der Waals surface area contributed by atoms with Crippen molar-refractivity contribution in [1.29, 1.82) is 0 Å². The Balaban J connectivity index is 1.88. The lowest BCUT2D eigenvalue weighted by Crippen LogP contribution is -2.08. The molecule has 0 radical (unpaired) electrons. The third-order valence-electron chi connectivity index (χ3n) is 3.36. The highest BCUT2D eigenvalue weighted by Crippen LogP contribution is 2.26. The quantitative estimate of drug-likeness (QED) is 0.726. The number of aromatic amines is 1. The smallest absolute Gasteiger partial charge is 0.189 e. The van der Waals surface area contributed by atoms with Crippen LogP contribution in [0.4, 0.5) is 5.69 Å². The van der Waals surface area contributed by atoms with Gasteiger partial charge in [-0.2, -0.15) is 0 Å². The minimum atomic E-state index is -0.0836. The van der Waals surface area contributed by atoms with E-state index in [-0.39, 0.29) is 12.0 Å². The van der Waals surface area contributed by atoms with Crippen molar-refractivity contribution in [3.63, 3.8) is 0 Å². The average Bonchev–Trinajstić information content (AvgIpc) is 2.54. The molecule has 0 saturated carbocycles. The summed E-state index contributed by atoms with van der Waals surface area (Å²) in [4.78, 5) is 15.3. The summed E-state index contributed by atoms with van der Waals surface area (Å²) in [7, 11) is 1.59. The van der Waals surface area contributed by atoms with Gasteiger partial charge in [0.2, 0.25) is 0 Å². The van der Waals surface area contributed by atoms with Gasteiger partial charge >= 0.3 is 0 Å². The number of hydrogen-bond acceptors (Lipinski definition) is 4. The molecule has 3 aromatic rings. The van der Waals surface area contributed by atoms with Crippen molar-refractivity contribution in [2.24, 2.45) is 0 Å². The van der Waals surface area contributed by atoms with E-state index in [1.165, 1.54) is 6.07 Å². The van der Waals surface area contributed by atoms with Gasteiger partial charge in [-0.1, -0.05) is 12.1 Å². The summed E-state index contributed by atoms with van der Waals surface area (Å²) in [6.45, 7) is 0.246. The molecule has 0 atom stereocenters. The number of para-hydroxylation sites is 2. The average molecular weight is 296 g/mol. The van der Waals surface area contributed by atoms with Crippen molar-refractivity contribution >= 4 is 16.6 Å². The van der Waals surface area contributed by atoms with E-state index >= 15 is 0 Å². The number of nitrogen functional groups attached to an aromatic ring is 1. The van der Waals surface area contributed by atoms with Gasteiger partial charge in [-0.3, -0.25) is 4.79 Å². The van der Waals surface area contributed by atoms with Gasteiger partial charge in [0.15, 0.2) is 16.9 Å². The van der Waals surface area contributed by atoms with Crippen molar-refractivity contribution in [1.82, 2.24) is 4.98 Å². The summed E-state index contributed by atoms with van der Waals surface area (Å²) in [5, 5.41) is 0.570. The third kappa shape index (κ3) is 2.74. The van der Waals surface area contributed by atoms with Gasteiger partial charge in [0, 0.05) is 22.7 Å². The number of H-pyrrole nitrogens is 1. The van der Waals surface area contributed by atoms with E-state index in [1.807, 2.05) is 24.3 Å². The zero-order chi connectivity index (χ0) is 15.5. The van der Waals surface area contributed by atoms with Gasteiger partial charge in [0.25, 0.3) is 0 Å². The molecule has 1 heterocycles. The number of pyridine rings is 1. The molecular formula is C17H16N2O3. The fourth-order valence-corrected chi connectivity index (χ4v) is 2.29. The lowest BCUT2D eigenvalue weighted by atomic mass is 10.2. The van der Waals surface area contributed by atoms with E-state index in [4.69, 9.17) is 15.2 Å². The molecule has 112 valence electrons. The first-order valence-corrected chi connectivity index (χ1v) is 6.84. The molecule has 0 spiro atoms. The molecule has 0 aliphatic carbocycles. The maximum Gasteiger partial charge on any atom is 0.189 e. The number of ether oxygens (including phenoxy) is 2. The van der Waals surface area contributed by atoms with Crippen molar-refractivity contribution < 1.29 is 9.47 Å². The lowest BCUT2D eigenvalue weighted by Gasteiger charge is -2.11. The van der Waals surface area contributed by atoms with E-state index in [2.05, 4.69) is 4.98 Å². The summed E-state index contributed by atoms with van der Waals surface area (Å²) in [6.07, 6.45) is 0. The van der Waals surface area contributed by atoms with Crippen molar-refractivity contribution in [2.45, 2.75) is 6.61 Å². The number of fused-ring (bicyclic) bond motifs is 1. The predicted octanol–water partition coefficient (Wildman–Crippen LogP) is 2.70. The van der Waals surface area contributed by atoms with E-state index in [0.717, 1.165) is 5.52 Å². The van der Waals surface area contributed by atoms with Crippen LogP contribution in [0.25, 0.3) is 10.9 Å². The third-order valence-corrected chi connectivity index (χ3v) is 3.36. The topological polar surface area (TPSA) is 77.3 Å². The number of aromatic nitrogens is 1. The normalized spacial score (nSPS) is 10.6. The van der Waals surface area contributed by atoms with E-state index in [0.29, 0.717) is 28.3 Å². The van der Waals surface area contributed by atoms with E-state index in [9.17, 15) is 4.79 Å². The number of nitrogens with one attached hydrogen (secondary N) is 1. The molecule has 3 N–H and O–H groups in total. The van der Waals surface area contributed by atoms with Crippen LogP contribution in [-0.2, 0) is 6.61 Å². The minimum Gasteiger partial charge on any atom is -0.493 e. The van der Waals surface area contributed by atoms with Crippen LogP contribution in [0.1, 0.15) is 5.69 Å². The highest BCUT2D eigenvalue weighted by Gasteiger charge is 2.06. The molecule has 22 heavy (non-hydrogen) atoms. The molecule has 5 heteroatoms. The summed E-state index contributed by atoms with van der Waals surface area (Å²) in [5.41, 5.74) is 7.61. The molecular weight excluding hydrogens is 280 g/mol. The molecule has 0 bridgehead atoms. The summed E-state index contributed by atoms with van der Waals surface area (Å²) in [5.74, 6) is 1.28.